The Morgan fingerprint density at radius 3 is 2.81 bits per heavy atom. The molecule has 1 aromatic carbocycles. The highest BCUT2D eigenvalue weighted by Gasteiger charge is 2.20. The van der Waals surface area contributed by atoms with E-state index in [4.69, 9.17) is 17.3 Å². The third-order valence-electron chi connectivity index (χ3n) is 3.18. The van der Waals surface area contributed by atoms with Crippen LogP contribution < -0.4 is 10.6 Å². The van der Waals surface area contributed by atoms with Gasteiger partial charge < -0.3 is 15.7 Å². The maximum Gasteiger partial charge on any atom is 0.260 e. The zero-order chi connectivity index (χ0) is 15.6. The number of nitrogens with zero attached hydrogens (tertiary/aromatic N) is 2. The number of hydrogen-bond acceptors (Lipinski definition) is 4. The topological polar surface area (TPSA) is 79.5 Å². The van der Waals surface area contributed by atoms with Crippen LogP contribution in [-0.4, -0.2) is 22.5 Å². The van der Waals surface area contributed by atoms with Crippen LogP contribution in [0.4, 0.5) is 11.4 Å². The van der Waals surface area contributed by atoms with E-state index >= 15 is 0 Å². The highest BCUT2D eigenvalue weighted by atomic mass is 35.5. The van der Waals surface area contributed by atoms with Crippen LogP contribution in [-0.2, 0) is 0 Å². The van der Waals surface area contributed by atoms with Crippen molar-refractivity contribution in [2.75, 3.05) is 17.2 Å². The molecule has 2 aromatic rings. The van der Waals surface area contributed by atoms with Crippen molar-refractivity contribution in [1.29, 1.82) is 0 Å². The SMILES string of the molecule is CCN(C(=O)c1cc(Cl)ncc1N)c1cc(O)ccc1C. The summed E-state index contributed by atoms with van der Waals surface area (Å²) in [5.74, 6) is -0.185. The first-order chi connectivity index (χ1) is 9.93. The predicted molar refractivity (Wildman–Crippen MR) is 83.9 cm³/mol. The fourth-order valence-corrected chi connectivity index (χ4v) is 2.24. The summed E-state index contributed by atoms with van der Waals surface area (Å²) in [5, 5.41) is 9.84. The van der Waals surface area contributed by atoms with Gasteiger partial charge in [0.15, 0.2) is 0 Å². The lowest BCUT2D eigenvalue weighted by Crippen LogP contribution is -2.31. The van der Waals surface area contributed by atoms with Gasteiger partial charge in [0.1, 0.15) is 10.9 Å². The number of carbonyl (C=O) groups is 1. The molecule has 0 aliphatic rings. The molecule has 0 saturated heterocycles. The summed E-state index contributed by atoms with van der Waals surface area (Å²) in [6.07, 6.45) is 1.36. The molecule has 0 aliphatic heterocycles. The molecule has 5 nitrogen and oxygen atoms in total. The first-order valence-corrected chi connectivity index (χ1v) is 6.84. The number of nitrogens with two attached hydrogens (primary N) is 1. The van der Waals surface area contributed by atoms with Crippen LogP contribution in [0, 0.1) is 6.92 Å². The van der Waals surface area contributed by atoms with Crippen LogP contribution in [0.3, 0.4) is 0 Å². The summed E-state index contributed by atoms with van der Waals surface area (Å²) >= 11 is 5.83. The lowest BCUT2D eigenvalue weighted by atomic mass is 10.1. The Morgan fingerprint density at radius 1 is 1.43 bits per heavy atom. The van der Waals surface area contributed by atoms with Crippen LogP contribution in [0.25, 0.3) is 0 Å². The van der Waals surface area contributed by atoms with E-state index in [9.17, 15) is 9.90 Å². The van der Waals surface area contributed by atoms with Gasteiger partial charge in [-0.25, -0.2) is 4.98 Å². The Labute approximate surface area is 128 Å². The number of benzene rings is 1. The molecule has 3 N–H and O–H groups in total. The van der Waals surface area contributed by atoms with Crippen LogP contribution in [0.2, 0.25) is 5.15 Å². The summed E-state index contributed by atoms with van der Waals surface area (Å²) in [4.78, 5) is 18.1. The average Bonchev–Trinajstić information content (AvgIpc) is 2.46. The highest BCUT2D eigenvalue weighted by molar-refractivity contribution is 6.30. The molecule has 0 saturated carbocycles. The quantitative estimate of drug-likeness (QED) is 0.854. The van der Waals surface area contributed by atoms with Crippen molar-refractivity contribution in [2.45, 2.75) is 13.8 Å². The molecule has 2 rings (SSSR count). The molecular formula is C15H16ClN3O2. The van der Waals surface area contributed by atoms with Crippen molar-refractivity contribution in [2.24, 2.45) is 0 Å². The van der Waals surface area contributed by atoms with E-state index in [1.54, 1.807) is 18.2 Å². The molecule has 0 spiro atoms. The molecule has 0 fully saturated rings. The van der Waals surface area contributed by atoms with Crippen molar-refractivity contribution in [3.8, 4) is 5.75 Å². The largest absolute Gasteiger partial charge is 0.508 e. The van der Waals surface area contributed by atoms with Gasteiger partial charge in [0.25, 0.3) is 5.91 Å². The van der Waals surface area contributed by atoms with E-state index in [0.29, 0.717) is 17.8 Å². The molecule has 0 radical (unpaired) electrons. The molecule has 0 atom stereocenters. The number of carbonyl (C=O) groups excluding carboxylic acids is 1. The van der Waals surface area contributed by atoms with Gasteiger partial charge in [-0.05, 0) is 31.5 Å². The van der Waals surface area contributed by atoms with Gasteiger partial charge in [-0.3, -0.25) is 4.79 Å². The Morgan fingerprint density at radius 2 is 2.14 bits per heavy atom. The fourth-order valence-electron chi connectivity index (χ4n) is 2.08. The normalized spacial score (nSPS) is 10.4. The number of phenols is 1. The summed E-state index contributed by atoms with van der Waals surface area (Å²) in [7, 11) is 0. The molecule has 0 aliphatic carbocycles. The molecule has 110 valence electrons. The third-order valence-corrected chi connectivity index (χ3v) is 3.38. The third kappa shape index (κ3) is 3.08. The molecule has 1 aromatic heterocycles. The number of aromatic hydroxyl groups is 1. The number of phenolic OH excluding ortho intramolecular Hbond substituents is 1. The number of rotatable bonds is 3. The molecular weight excluding hydrogens is 290 g/mol. The van der Waals surface area contributed by atoms with Gasteiger partial charge in [-0.1, -0.05) is 17.7 Å². The van der Waals surface area contributed by atoms with Crippen molar-refractivity contribution in [3.05, 3.63) is 46.7 Å². The number of pyridine rings is 1. The Hall–Kier alpha value is -2.27. The standard InChI is InChI=1S/C15H16ClN3O2/c1-3-19(13-6-10(20)5-4-9(13)2)15(21)11-7-14(16)18-8-12(11)17/h4-8,20H,3,17H2,1-2H3. The van der Waals surface area contributed by atoms with Crippen molar-refractivity contribution < 1.29 is 9.90 Å². The number of nitrogen functional groups attached to an aromatic ring is 1. The first kappa shape index (κ1) is 15.1. The van der Waals surface area contributed by atoms with Gasteiger partial charge >= 0.3 is 0 Å². The molecule has 21 heavy (non-hydrogen) atoms. The second kappa shape index (κ2) is 6.01. The van der Waals surface area contributed by atoms with Crippen LogP contribution in [0.5, 0.6) is 5.75 Å². The molecule has 1 amide bonds. The summed E-state index contributed by atoms with van der Waals surface area (Å²) in [6, 6.07) is 6.33. The minimum absolute atomic E-state index is 0.0996. The lowest BCUT2D eigenvalue weighted by Gasteiger charge is -2.23. The number of amides is 1. The van der Waals surface area contributed by atoms with Gasteiger partial charge in [-0.15, -0.1) is 0 Å². The Kier molecular flexibility index (Phi) is 4.33. The number of hydrogen-bond donors (Lipinski definition) is 2. The smallest absolute Gasteiger partial charge is 0.260 e. The number of anilines is 2. The highest BCUT2D eigenvalue weighted by Crippen LogP contribution is 2.27. The monoisotopic (exact) mass is 305 g/mol. The maximum absolute atomic E-state index is 12.7. The maximum atomic E-state index is 12.7. The van der Waals surface area contributed by atoms with Gasteiger partial charge in [0, 0.05) is 12.6 Å². The fraction of sp³-hybridized carbons (Fsp3) is 0.200. The average molecular weight is 306 g/mol. The zero-order valence-electron chi connectivity index (χ0n) is 11.8. The molecule has 0 unspecified atom stereocenters. The van der Waals surface area contributed by atoms with E-state index in [1.165, 1.54) is 17.2 Å². The Balaban J connectivity index is 2.48. The van der Waals surface area contributed by atoms with E-state index in [1.807, 2.05) is 13.8 Å². The number of aryl methyl sites for hydroxylation is 1. The number of halogens is 1. The van der Waals surface area contributed by atoms with Crippen molar-refractivity contribution in [1.82, 2.24) is 4.98 Å². The van der Waals surface area contributed by atoms with Crippen LogP contribution in [0.15, 0.2) is 30.5 Å². The van der Waals surface area contributed by atoms with Gasteiger partial charge in [-0.2, -0.15) is 0 Å². The second-order valence-electron chi connectivity index (χ2n) is 4.61. The van der Waals surface area contributed by atoms with E-state index in [0.717, 1.165) is 5.56 Å². The van der Waals surface area contributed by atoms with Gasteiger partial charge in [0.05, 0.1) is 23.1 Å². The number of aromatic nitrogens is 1. The second-order valence-corrected chi connectivity index (χ2v) is 5.00. The zero-order valence-corrected chi connectivity index (χ0v) is 12.6. The van der Waals surface area contributed by atoms with Crippen molar-refractivity contribution in [3.63, 3.8) is 0 Å². The van der Waals surface area contributed by atoms with E-state index in [-0.39, 0.29) is 22.5 Å². The predicted octanol–water partition coefficient (Wildman–Crippen LogP) is 3.00. The van der Waals surface area contributed by atoms with E-state index < -0.39 is 0 Å². The summed E-state index contributed by atoms with van der Waals surface area (Å²) < 4.78 is 0. The summed E-state index contributed by atoms with van der Waals surface area (Å²) in [5.41, 5.74) is 7.88. The minimum Gasteiger partial charge on any atom is -0.508 e. The molecule has 0 bridgehead atoms. The van der Waals surface area contributed by atoms with Gasteiger partial charge in [0.2, 0.25) is 0 Å². The Bertz CT molecular complexity index is 689. The molecule has 1 heterocycles. The van der Waals surface area contributed by atoms with Crippen LogP contribution >= 0.6 is 11.6 Å². The molecule has 6 heteroatoms. The van der Waals surface area contributed by atoms with E-state index in [2.05, 4.69) is 4.98 Å². The summed E-state index contributed by atoms with van der Waals surface area (Å²) in [6.45, 7) is 4.15. The first-order valence-electron chi connectivity index (χ1n) is 6.46. The van der Waals surface area contributed by atoms with Crippen LogP contribution in [0.1, 0.15) is 22.8 Å². The van der Waals surface area contributed by atoms with Crippen molar-refractivity contribution >= 4 is 28.9 Å². The lowest BCUT2D eigenvalue weighted by molar-refractivity contribution is 0.0989. The minimum atomic E-state index is -0.284.